The summed E-state index contributed by atoms with van der Waals surface area (Å²) >= 11 is 12.2. The molecule has 0 bridgehead atoms. The van der Waals surface area contributed by atoms with E-state index >= 15 is 0 Å². The maximum atomic E-state index is 6.24. The summed E-state index contributed by atoms with van der Waals surface area (Å²) in [5.41, 5.74) is 1.04. The number of ether oxygens (including phenoxy) is 2. The highest BCUT2D eigenvalue weighted by molar-refractivity contribution is 6.35. The normalized spacial score (nSPS) is 27.8. The predicted octanol–water partition coefficient (Wildman–Crippen LogP) is 5.02. The zero-order valence-electron chi connectivity index (χ0n) is 11.8. The van der Waals surface area contributed by atoms with E-state index in [2.05, 4.69) is 20.8 Å². The Balaban J connectivity index is 2.17. The fourth-order valence-corrected chi connectivity index (χ4v) is 3.00. The van der Waals surface area contributed by atoms with Crippen LogP contribution in [0.5, 0.6) is 0 Å². The smallest absolute Gasteiger partial charge is 0.193 e. The molecule has 1 aromatic rings. The van der Waals surface area contributed by atoms with Gasteiger partial charge in [0.05, 0.1) is 17.7 Å². The Morgan fingerprint density at radius 2 is 2.00 bits per heavy atom. The molecule has 106 valence electrons. The van der Waals surface area contributed by atoms with Crippen LogP contribution in [0.2, 0.25) is 10.0 Å². The fraction of sp³-hybridized carbons (Fsp3) is 0.600. The lowest BCUT2D eigenvalue weighted by atomic mass is 9.89. The van der Waals surface area contributed by atoms with Crippen molar-refractivity contribution in [2.45, 2.75) is 46.0 Å². The minimum Gasteiger partial charge on any atom is -0.343 e. The molecule has 0 N–H and O–H groups in total. The highest BCUT2D eigenvalue weighted by Gasteiger charge is 2.41. The highest BCUT2D eigenvalue weighted by atomic mass is 35.5. The molecule has 19 heavy (non-hydrogen) atoms. The highest BCUT2D eigenvalue weighted by Crippen LogP contribution is 2.40. The summed E-state index contributed by atoms with van der Waals surface area (Å²) in [6.45, 7) is 9.08. The largest absolute Gasteiger partial charge is 0.343 e. The summed E-state index contributed by atoms with van der Waals surface area (Å²) in [6.07, 6.45) is 1.05. The van der Waals surface area contributed by atoms with Crippen molar-refractivity contribution in [3.63, 3.8) is 0 Å². The van der Waals surface area contributed by atoms with E-state index in [0.717, 1.165) is 12.0 Å². The molecule has 1 aliphatic heterocycles. The van der Waals surface area contributed by atoms with Crippen LogP contribution in [0.15, 0.2) is 18.2 Å². The fourth-order valence-electron chi connectivity index (χ4n) is 2.42. The lowest BCUT2D eigenvalue weighted by Crippen LogP contribution is -2.26. The van der Waals surface area contributed by atoms with Gasteiger partial charge in [-0.3, -0.25) is 0 Å². The molecule has 1 aromatic carbocycles. The van der Waals surface area contributed by atoms with Crippen molar-refractivity contribution in [3.05, 3.63) is 33.8 Å². The van der Waals surface area contributed by atoms with Gasteiger partial charge in [-0.1, -0.05) is 50.0 Å². The number of halogens is 2. The minimum atomic E-state index is -0.780. The molecule has 4 heteroatoms. The van der Waals surface area contributed by atoms with Crippen LogP contribution < -0.4 is 0 Å². The molecule has 2 nitrogen and oxygen atoms in total. The zero-order chi connectivity index (χ0) is 14.3. The van der Waals surface area contributed by atoms with Gasteiger partial charge < -0.3 is 9.47 Å². The van der Waals surface area contributed by atoms with Crippen LogP contribution in [-0.2, 0) is 15.3 Å². The van der Waals surface area contributed by atoms with Crippen molar-refractivity contribution in [2.75, 3.05) is 6.61 Å². The number of hydrogen-bond acceptors (Lipinski definition) is 2. The van der Waals surface area contributed by atoms with Crippen LogP contribution in [0.1, 0.15) is 39.7 Å². The minimum absolute atomic E-state index is 0.0942. The molecule has 0 radical (unpaired) electrons. The SMILES string of the molecule is CC(C)(C)C[C@@H]1CO[C@@](C)(c2ccc(Cl)cc2Cl)O1. The van der Waals surface area contributed by atoms with Crippen LogP contribution in [0.4, 0.5) is 0 Å². The van der Waals surface area contributed by atoms with Gasteiger partial charge in [0.2, 0.25) is 0 Å². The van der Waals surface area contributed by atoms with Crippen molar-refractivity contribution in [1.82, 2.24) is 0 Å². The van der Waals surface area contributed by atoms with E-state index in [4.69, 9.17) is 32.7 Å². The monoisotopic (exact) mass is 302 g/mol. The summed E-state index contributed by atoms with van der Waals surface area (Å²) in [7, 11) is 0. The van der Waals surface area contributed by atoms with Crippen molar-refractivity contribution in [2.24, 2.45) is 5.41 Å². The van der Waals surface area contributed by atoms with Crippen LogP contribution in [0.25, 0.3) is 0 Å². The zero-order valence-corrected chi connectivity index (χ0v) is 13.3. The van der Waals surface area contributed by atoms with E-state index in [1.807, 2.05) is 13.0 Å². The average molecular weight is 303 g/mol. The molecule has 0 unspecified atom stereocenters. The summed E-state index contributed by atoms with van der Waals surface area (Å²) in [5.74, 6) is -0.780. The van der Waals surface area contributed by atoms with Gasteiger partial charge >= 0.3 is 0 Å². The van der Waals surface area contributed by atoms with Gasteiger partial charge in [0.1, 0.15) is 0 Å². The van der Waals surface area contributed by atoms with Gasteiger partial charge in [0.15, 0.2) is 5.79 Å². The number of rotatable bonds is 2. The molecule has 0 amide bonds. The molecule has 0 aliphatic carbocycles. The third-order valence-electron chi connectivity index (χ3n) is 3.20. The Hall–Kier alpha value is -0.280. The number of benzene rings is 1. The Morgan fingerprint density at radius 3 is 2.58 bits per heavy atom. The van der Waals surface area contributed by atoms with Crippen molar-refractivity contribution < 1.29 is 9.47 Å². The predicted molar refractivity (Wildman–Crippen MR) is 78.7 cm³/mol. The molecule has 2 atom stereocenters. The molecule has 0 spiro atoms. The van der Waals surface area contributed by atoms with Gasteiger partial charge in [0.25, 0.3) is 0 Å². The molecule has 1 fully saturated rings. The van der Waals surface area contributed by atoms with E-state index in [1.165, 1.54) is 0 Å². The van der Waals surface area contributed by atoms with E-state index in [-0.39, 0.29) is 11.5 Å². The third kappa shape index (κ3) is 3.63. The molecular formula is C15H20Cl2O2. The van der Waals surface area contributed by atoms with Gasteiger partial charge in [0, 0.05) is 10.6 Å². The second-order valence-corrected chi connectivity index (χ2v) is 7.23. The molecule has 0 aromatic heterocycles. The van der Waals surface area contributed by atoms with E-state index in [0.29, 0.717) is 16.7 Å². The Kier molecular flexibility index (Phi) is 4.18. The van der Waals surface area contributed by atoms with Crippen LogP contribution in [0, 0.1) is 5.41 Å². The summed E-state index contributed by atoms with van der Waals surface area (Å²) in [4.78, 5) is 0. The maximum Gasteiger partial charge on any atom is 0.193 e. The van der Waals surface area contributed by atoms with E-state index < -0.39 is 5.79 Å². The third-order valence-corrected chi connectivity index (χ3v) is 3.74. The van der Waals surface area contributed by atoms with Crippen molar-refractivity contribution in [3.8, 4) is 0 Å². The second-order valence-electron chi connectivity index (χ2n) is 6.39. The summed E-state index contributed by atoms with van der Waals surface area (Å²) in [5, 5.41) is 1.19. The molecule has 1 saturated heterocycles. The van der Waals surface area contributed by atoms with Gasteiger partial charge in [-0.15, -0.1) is 0 Å². The Bertz CT molecular complexity index is 468. The first-order valence-electron chi connectivity index (χ1n) is 6.47. The average Bonchev–Trinajstić information content (AvgIpc) is 2.57. The summed E-state index contributed by atoms with van der Waals surface area (Å²) in [6, 6.07) is 5.38. The van der Waals surface area contributed by atoms with E-state index in [9.17, 15) is 0 Å². The lowest BCUT2D eigenvalue weighted by Gasteiger charge is -2.27. The second kappa shape index (κ2) is 5.25. The summed E-state index contributed by atoms with van der Waals surface area (Å²) < 4.78 is 11.9. The van der Waals surface area contributed by atoms with Gasteiger partial charge in [-0.25, -0.2) is 0 Å². The molecule has 1 aliphatic rings. The van der Waals surface area contributed by atoms with Crippen molar-refractivity contribution >= 4 is 23.2 Å². The Morgan fingerprint density at radius 1 is 1.32 bits per heavy atom. The molecule has 1 heterocycles. The molecule has 2 rings (SSSR count). The van der Waals surface area contributed by atoms with Crippen LogP contribution >= 0.6 is 23.2 Å². The Labute approximate surface area is 125 Å². The van der Waals surface area contributed by atoms with Gasteiger partial charge in [-0.05, 0) is 30.9 Å². The molecular weight excluding hydrogens is 283 g/mol. The lowest BCUT2D eigenvalue weighted by molar-refractivity contribution is -0.164. The van der Waals surface area contributed by atoms with Crippen molar-refractivity contribution in [1.29, 1.82) is 0 Å². The topological polar surface area (TPSA) is 18.5 Å². The van der Waals surface area contributed by atoms with Gasteiger partial charge in [-0.2, -0.15) is 0 Å². The van der Waals surface area contributed by atoms with Crippen LogP contribution in [-0.4, -0.2) is 12.7 Å². The first kappa shape index (κ1) is 15.1. The molecule has 0 saturated carbocycles. The number of hydrogen-bond donors (Lipinski definition) is 0. The van der Waals surface area contributed by atoms with Crippen LogP contribution in [0.3, 0.4) is 0 Å². The first-order chi connectivity index (χ1) is 8.70. The standard InChI is InChI=1S/C15H20Cl2O2/c1-14(2,3)8-11-9-18-15(4,19-11)12-6-5-10(16)7-13(12)17/h5-7,11H,8-9H2,1-4H3/t11-,15-/m1/s1. The first-order valence-corrected chi connectivity index (χ1v) is 7.22. The van der Waals surface area contributed by atoms with E-state index in [1.54, 1.807) is 12.1 Å². The maximum absolute atomic E-state index is 6.24. The quantitative estimate of drug-likeness (QED) is 0.764.